The van der Waals surface area contributed by atoms with Gasteiger partial charge in [-0.05, 0) is 36.2 Å². The van der Waals surface area contributed by atoms with Gasteiger partial charge in [0.15, 0.2) is 0 Å². The number of aryl methyl sites for hydroxylation is 1. The van der Waals surface area contributed by atoms with Crippen LogP contribution in [0.25, 0.3) is 0 Å². The van der Waals surface area contributed by atoms with E-state index in [9.17, 15) is 4.79 Å². The van der Waals surface area contributed by atoms with Crippen LogP contribution in [-0.2, 0) is 6.42 Å². The van der Waals surface area contributed by atoms with E-state index in [-0.39, 0.29) is 11.6 Å². The van der Waals surface area contributed by atoms with Crippen molar-refractivity contribution in [1.29, 1.82) is 0 Å². The second-order valence-electron chi connectivity index (χ2n) is 3.03. The molecule has 68 valence electrons. The molecule has 0 aliphatic carbocycles. The molecule has 0 radical (unpaired) electrons. The van der Waals surface area contributed by atoms with Crippen molar-refractivity contribution in [2.75, 3.05) is 0 Å². The Morgan fingerprint density at radius 3 is 2.42 bits per heavy atom. The van der Waals surface area contributed by atoms with Crippen molar-refractivity contribution >= 4 is 15.9 Å². The molecule has 1 rings (SSSR count). The Bertz CT molecular complexity index is 324. The Morgan fingerprint density at radius 2 is 2.17 bits per heavy atom. The van der Waals surface area contributed by atoms with E-state index in [4.69, 9.17) is 0 Å². The van der Waals surface area contributed by atoms with E-state index in [1.54, 1.807) is 4.68 Å². The van der Waals surface area contributed by atoms with E-state index >= 15 is 0 Å². The molecule has 3 nitrogen and oxygen atoms in total. The zero-order valence-corrected chi connectivity index (χ0v) is 9.10. The van der Waals surface area contributed by atoms with Gasteiger partial charge in [-0.3, -0.25) is 9.89 Å². The molecule has 4 heteroatoms. The van der Waals surface area contributed by atoms with E-state index in [1.807, 2.05) is 20.8 Å². The lowest BCUT2D eigenvalue weighted by molar-refractivity contribution is 0.512. The molecule has 0 aromatic carbocycles. The van der Waals surface area contributed by atoms with Gasteiger partial charge in [0, 0.05) is 6.04 Å². The third-order valence-electron chi connectivity index (χ3n) is 1.80. The van der Waals surface area contributed by atoms with Crippen molar-refractivity contribution in [3.63, 3.8) is 0 Å². The standard InChI is InChI=1S/C8H13BrN2O/c1-4-6-7(9)8(12)11(10-6)5(2)3/h5,10H,4H2,1-3H3. The van der Waals surface area contributed by atoms with Crippen LogP contribution in [0.4, 0.5) is 0 Å². The highest BCUT2D eigenvalue weighted by molar-refractivity contribution is 9.10. The molecule has 0 aliphatic heterocycles. The number of hydrogen-bond acceptors (Lipinski definition) is 1. The Labute approximate surface area is 79.9 Å². The number of hydrogen-bond donors (Lipinski definition) is 1. The highest BCUT2D eigenvalue weighted by Crippen LogP contribution is 2.11. The quantitative estimate of drug-likeness (QED) is 0.834. The average Bonchev–Trinajstić information content (AvgIpc) is 2.30. The van der Waals surface area contributed by atoms with Crippen LogP contribution in [-0.4, -0.2) is 9.78 Å². The van der Waals surface area contributed by atoms with Gasteiger partial charge in [0.1, 0.15) is 4.47 Å². The van der Waals surface area contributed by atoms with Gasteiger partial charge in [-0.2, -0.15) is 0 Å². The minimum Gasteiger partial charge on any atom is -0.298 e. The van der Waals surface area contributed by atoms with E-state index in [1.165, 1.54) is 0 Å². The SMILES string of the molecule is CCc1[nH]n(C(C)C)c(=O)c1Br. The molecule has 0 spiro atoms. The molecular formula is C8H13BrN2O. The van der Waals surface area contributed by atoms with Gasteiger partial charge in [-0.25, -0.2) is 4.68 Å². The summed E-state index contributed by atoms with van der Waals surface area (Å²) >= 11 is 3.26. The molecule has 1 N–H and O–H groups in total. The molecule has 0 saturated carbocycles. The van der Waals surface area contributed by atoms with E-state index in [2.05, 4.69) is 21.0 Å². The topological polar surface area (TPSA) is 37.8 Å². The normalized spacial score (nSPS) is 11.1. The highest BCUT2D eigenvalue weighted by atomic mass is 79.9. The summed E-state index contributed by atoms with van der Waals surface area (Å²) < 4.78 is 2.29. The van der Waals surface area contributed by atoms with Gasteiger partial charge in [0.25, 0.3) is 5.56 Å². The molecule has 1 aromatic heterocycles. The highest BCUT2D eigenvalue weighted by Gasteiger charge is 2.11. The molecule has 0 saturated heterocycles. The van der Waals surface area contributed by atoms with Crippen molar-refractivity contribution in [3.8, 4) is 0 Å². The van der Waals surface area contributed by atoms with Crippen LogP contribution in [0.3, 0.4) is 0 Å². The number of nitrogens with one attached hydrogen (secondary N) is 1. The lowest BCUT2D eigenvalue weighted by atomic mass is 10.3. The zero-order valence-electron chi connectivity index (χ0n) is 7.52. The second kappa shape index (κ2) is 3.47. The summed E-state index contributed by atoms with van der Waals surface area (Å²) in [6, 6.07) is 0.189. The van der Waals surface area contributed by atoms with Crippen molar-refractivity contribution in [2.45, 2.75) is 33.2 Å². The molecule has 12 heavy (non-hydrogen) atoms. The predicted molar refractivity (Wildman–Crippen MR) is 52.5 cm³/mol. The van der Waals surface area contributed by atoms with Crippen molar-refractivity contribution in [2.24, 2.45) is 0 Å². The number of H-pyrrole nitrogens is 1. The Hall–Kier alpha value is -0.510. The Kier molecular flexibility index (Phi) is 2.77. The van der Waals surface area contributed by atoms with Crippen LogP contribution in [0, 0.1) is 0 Å². The summed E-state index contributed by atoms with van der Waals surface area (Å²) in [7, 11) is 0. The number of rotatable bonds is 2. The largest absolute Gasteiger partial charge is 0.298 e. The average molecular weight is 233 g/mol. The Balaban J connectivity index is 3.25. The van der Waals surface area contributed by atoms with Gasteiger partial charge in [-0.15, -0.1) is 0 Å². The van der Waals surface area contributed by atoms with Crippen molar-refractivity contribution in [1.82, 2.24) is 9.78 Å². The molecule has 1 aromatic rings. The van der Waals surface area contributed by atoms with Crippen LogP contribution in [0.5, 0.6) is 0 Å². The first-order chi connectivity index (χ1) is 5.57. The van der Waals surface area contributed by atoms with Crippen molar-refractivity contribution in [3.05, 3.63) is 20.5 Å². The van der Waals surface area contributed by atoms with Gasteiger partial charge >= 0.3 is 0 Å². The maximum atomic E-state index is 11.5. The maximum Gasteiger partial charge on any atom is 0.281 e. The molecule has 0 unspecified atom stereocenters. The number of nitrogens with zero attached hydrogens (tertiary/aromatic N) is 1. The maximum absolute atomic E-state index is 11.5. The number of aromatic amines is 1. The van der Waals surface area contributed by atoms with Gasteiger partial charge in [-0.1, -0.05) is 6.92 Å². The van der Waals surface area contributed by atoms with Crippen LogP contribution in [0.1, 0.15) is 32.5 Å². The van der Waals surface area contributed by atoms with E-state index in [0.29, 0.717) is 4.47 Å². The first kappa shape index (κ1) is 9.58. The molecule has 0 atom stereocenters. The van der Waals surface area contributed by atoms with E-state index < -0.39 is 0 Å². The first-order valence-corrected chi connectivity index (χ1v) is 4.86. The minimum atomic E-state index is 0.0295. The molecule has 0 bridgehead atoms. The van der Waals surface area contributed by atoms with Crippen LogP contribution in [0.2, 0.25) is 0 Å². The van der Waals surface area contributed by atoms with Crippen molar-refractivity contribution < 1.29 is 0 Å². The number of halogens is 1. The second-order valence-corrected chi connectivity index (χ2v) is 3.82. The first-order valence-electron chi connectivity index (χ1n) is 4.06. The summed E-state index contributed by atoms with van der Waals surface area (Å²) in [5.74, 6) is 0. The molecule has 1 heterocycles. The monoisotopic (exact) mass is 232 g/mol. The fraction of sp³-hybridized carbons (Fsp3) is 0.625. The third-order valence-corrected chi connectivity index (χ3v) is 2.61. The summed E-state index contributed by atoms with van der Waals surface area (Å²) in [4.78, 5) is 11.5. The zero-order chi connectivity index (χ0) is 9.30. The summed E-state index contributed by atoms with van der Waals surface area (Å²) in [6.07, 6.45) is 0.843. The lowest BCUT2D eigenvalue weighted by Crippen LogP contribution is -2.18. The minimum absolute atomic E-state index is 0.0295. The van der Waals surface area contributed by atoms with Gasteiger partial charge in [0.05, 0.1) is 5.69 Å². The Morgan fingerprint density at radius 1 is 1.58 bits per heavy atom. The summed E-state index contributed by atoms with van der Waals surface area (Å²) in [5, 5.41) is 3.06. The molecular weight excluding hydrogens is 220 g/mol. The summed E-state index contributed by atoms with van der Waals surface area (Å²) in [5.41, 5.74) is 0.996. The summed E-state index contributed by atoms with van der Waals surface area (Å²) in [6.45, 7) is 5.97. The molecule has 0 amide bonds. The van der Waals surface area contributed by atoms with Gasteiger partial charge in [0.2, 0.25) is 0 Å². The third kappa shape index (κ3) is 1.48. The smallest absolute Gasteiger partial charge is 0.281 e. The van der Waals surface area contributed by atoms with E-state index in [0.717, 1.165) is 12.1 Å². The number of aromatic nitrogens is 2. The molecule has 0 aliphatic rings. The fourth-order valence-corrected chi connectivity index (χ4v) is 1.64. The fourth-order valence-electron chi connectivity index (χ4n) is 1.08. The van der Waals surface area contributed by atoms with Crippen LogP contribution >= 0.6 is 15.9 Å². The predicted octanol–water partition coefficient (Wildman–Crippen LogP) is 2.08. The van der Waals surface area contributed by atoms with Crippen LogP contribution in [0.15, 0.2) is 9.27 Å². The van der Waals surface area contributed by atoms with Crippen LogP contribution < -0.4 is 5.56 Å². The van der Waals surface area contributed by atoms with Gasteiger partial charge < -0.3 is 0 Å². The lowest BCUT2D eigenvalue weighted by Gasteiger charge is -2.03. The molecule has 0 fully saturated rings.